The Balaban J connectivity index is 1.77. The summed E-state index contributed by atoms with van der Waals surface area (Å²) in [4.78, 5) is 24.5. The number of ether oxygens (including phenoxy) is 1. The maximum Gasteiger partial charge on any atom is 0.442 e. The normalized spacial score (nSPS) is 11.8. The third-order valence-corrected chi connectivity index (χ3v) is 5.06. The second-order valence-corrected chi connectivity index (χ2v) is 7.35. The minimum Gasteiger partial charge on any atom is -0.497 e. The average Bonchev–Trinajstić information content (AvgIpc) is 3.02. The molecule has 1 aromatic heterocycles. The van der Waals surface area contributed by atoms with Crippen LogP contribution in [0, 0.1) is 0 Å². The van der Waals surface area contributed by atoms with E-state index in [1.807, 2.05) is 0 Å². The van der Waals surface area contributed by atoms with Gasteiger partial charge in [0, 0.05) is 22.8 Å². The zero-order valence-electron chi connectivity index (χ0n) is 14.6. The van der Waals surface area contributed by atoms with Crippen LogP contribution >= 0.6 is 23.4 Å². The van der Waals surface area contributed by atoms with Crippen molar-refractivity contribution in [2.75, 3.05) is 12.4 Å². The Kier molecular flexibility index (Phi) is 5.88. The van der Waals surface area contributed by atoms with Crippen LogP contribution in [-0.4, -0.2) is 23.5 Å². The van der Waals surface area contributed by atoms with Gasteiger partial charge in [-0.15, -0.1) is 0 Å². The van der Waals surface area contributed by atoms with Gasteiger partial charge in [-0.05, 0) is 59.0 Å². The van der Waals surface area contributed by atoms with Crippen molar-refractivity contribution in [2.24, 2.45) is 0 Å². The fraction of sp³-hybridized carbons (Fsp3) is 0.167. The lowest BCUT2D eigenvalue weighted by molar-refractivity contribution is -0.704. The van der Waals surface area contributed by atoms with Gasteiger partial charge in [0.1, 0.15) is 5.75 Å². The number of amides is 1. The highest BCUT2D eigenvalue weighted by molar-refractivity contribution is 8.00. The van der Waals surface area contributed by atoms with Crippen molar-refractivity contribution in [2.45, 2.75) is 17.2 Å². The van der Waals surface area contributed by atoms with Crippen LogP contribution in [0.2, 0.25) is 5.02 Å². The Morgan fingerprint density at radius 2 is 2.04 bits per heavy atom. The number of hydrogen-bond acceptors (Lipinski definition) is 5. The first-order valence-corrected chi connectivity index (χ1v) is 9.24. The molecule has 3 rings (SSSR count). The summed E-state index contributed by atoms with van der Waals surface area (Å²) in [5.74, 6) is 0.429. The molecular weight excluding hydrogens is 390 g/mol. The van der Waals surface area contributed by atoms with Crippen LogP contribution in [0.3, 0.4) is 0 Å². The SMILES string of the molecule is COc1ccc(-[n+]2[nH]oc(=O)c2SC(C)C(=O)Nc2cccc(Cl)c2)cc1. The maximum atomic E-state index is 12.4. The monoisotopic (exact) mass is 406 g/mol. The fourth-order valence-corrected chi connectivity index (χ4v) is 3.37. The topological polar surface area (TPSA) is 88.2 Å². The van der Waals surface area contributed by atoms with Gasteiger partial charge >= 0.3 is 10.7 Å². The van der Waals surface area contributed by atoms with Crippen LogP contribution in [0.5, 0.6) is 5.75 Å². The van der Waals surface area contributed by atoms with Crippen molar-refractivity contribution >= 4 is 35.0 Å². The van der Waals surface area contributed by atoms with Gasteiger partial charge < -0.3 is 10.1 Å². The molecule has 0 saturated carbocycles. The number of halogens is 1. The van der Waals surface area contributed by atoms with E-state index in [4.69, 9.17) is 20.9 Å². The standard InChI is InChI=1S/C18H16ClN3O4S/c1-11(16(23)20-13-5-3-4-12(19)10-13)27-17-18(24)26-21-22(17)14-6-8-15(25-2)9-7-14/h3-11H,1-2H3,(H-,20,21,23,24)/p+1. The van der Waals surface area contributed by atoms with E-state index >= 15 is 0 Å². The fourth-order valence-electron chi connectivity index (χ4n) is 2.30. The summed E-state index contributed by atoms with van der Waals surface area (Å²) >= 11 is 7.02. The van der Waals surface area contributed by atoms with Gasteiger partial charge in [0.05, 0.1) is 12.4 Å². The molecule has 9 heteroatoms. The molecule has 0 aliphatic rings. The minimum absolute atomic E-state index is 0.258. The molecule has 2 N–H and O–H groups in total. The van der Waals surface area contributed by atoms with Gasteiger partial charge in [-0.3, -0.25) is 9.32 Å². The van der Waals surface area contributed by atoms with E-state index in [0.29, 0.717) is 22.1 Å². The van der Waals surface area contributed by atoms with E-state index in [9.17, 15) is 9.59 Å². The molecule has 1 amide bonds. The van der Waals surface area contributed by atoms with Crippen LogP contribution in [-0.2, 0) is 4.79 Å². The van der Waals surface area contributed by atoms with E-state index in [1.54, 1.807) is 62.6 Å². The number of aromatic amines is 1. The number of methoxy groups -OCH3 is 1. The summed E-state index contributed by atoms with van der Waals surface area (Å²) in [5, 5.41) is 5.56. The lowest BCUT2D eigenvalue weighted by Gasteiger charge is -2.09. The Bertz CT molecular complexity index is 1000. The van der Waals surface area contributed by atoms with Crippen molar-refractivity contribution in [1.29, 1.82) is 0 Å². The third kappa shape index (κ3) is 4.53. The van der Waals surface area contributed by atoms with Crippen LogP contribution in [0.25, 0.3) is 5.69 Å². The molecule has 0 bridgehead atoms. The molecule has 2 aromatic carbocycles. The van der Waals surface area contributed by atoms with Crippen molar-refractivity contribution in [1.82, 2.24) is 5.27 Å². The van der Waals surface area contributed by atoms with Gasteiger partial charge in [-0.25, -0.2) is 4.79 Å². The summed E-state index contributed by atoms with van der Waals surface area (Å²) in [6.45, 7) is 1.70. The molecule has 1 unspecified atom stereocenters. The third-order valence-electron chi connectivity index (χ3n) is 3.69. The summed E-state index contributed by atoms with van der Waals surface area (Å²) in [6, 6.07) is 13.9. The highest BCUT2D eigenvalue weighted by Crippen LogP contribution is 2.21. The number of thioether (sulfide) groups is 1. The van der Waals surface area contributed by atoms with Crippen LogP contribution in [0.4, 0.5) is 5.69 Å². The largest absolute Gasteiger partial charge is 0.497 e. The molecule has 1 atom stereocenters. The molecule has 0 aliphatic carbocycles. The van der Waals surface area contributed by atoms with E-state index in [0.717, 1.165) is 11.8 Å². The number of nitrogens with one attached hydrogen (secondary N) is 2. The van der Waals surface area contributed by atoms with Gasteiger partial charge in [0.25, 0.3) is 0 Å². The van der Waals surface area contributed by atoms with Gasteiger partial charge in [-0.2, -0.15) is 0 Å². The van der Waals surface area contributed by atoms with E-state index in [2.05, 4.69) is 10.6 Å². The Morgan fingerprint density at radius 3 is 2.70 bits per heavy atom. The summed E-state index contributed by atoms with van der Waals surface area (Å²) in [5.41, 5.74) is 0.703. The van der Waals surface area contributed by atoms with Crippen LogP contribution in [0.15, 0.2) is 62.9 Å². The lowest BCUT2D eigenvalue weighted by Crippen LogP contribution is -2.37. The molecule has 140 valence electrons. The number of anilines is 1. The van der Waals surface area contributed by atoms with Gasteiger partial charge in [0.2, 0.25) is 11.6 Å². The van der Waals surface area contributed by atoms with E-state index in [-0.39, 0.29) is 10.9 Å². The molecule has 27 heavy (non-hydrogen) atoms. The molecule has 1 heterocycles. The number of hydrogen-bond donors (Lipinski definition) is 2. The highest BCUT2D eigenvalue weighted by atomic mass is 35.5. The number of carbonyl (C=O) groups excluding carboxylic acids is 1. The molecule has 0 saturated heterocycles. The molecule has 0 spiro atoms. The summed E-state index contributed by atoms with van der Waals surface area (Å²) < 4.78 is 11.5. The summed E-state index contributed by atoms with van der Waals surface area (Å²) in [6.07, 6.45) is 0. The number of carbonyl (C=O) groups is 1. The second-order valence-electron chi connectivity index (χ2n) is 5.58. The first kappa shape index (κ1) is 19.1. The zero-order valence-corrected chi connectivity index (χ0v) is 16.1. The molecule has 3 aromatic rings. The number of H-pyrrole nitrogens is 1. The van der Waals surface area contributed by atoms with Crippen molar-refractivity contribution < 1.29 is 18.7 Å². The Labute approximate surface area is 164 Å². The molecule has 7 nitrogen and oxygen atoms in total. The minimum atomic E-state index is -0.557. The number of rotatable bonds is 6. The average molecular weight is 407 g/mol. The second kappa shape index (κ2) is 8.32. The van der Waals surface area contributed by atoms with E-state index in [1.165, 1.54) is 4.68 Å². The molecule has 0 aliphatic heterocycles. The lowest BCUT2D eigenvalue weighted by atomic mass is 10.3. The van der Waals surface area contributed by atoms with Gasteiger partial charge in [0.15, 0.2) is 0 Å². The Hall–Kier alpha value is -2.71. The highest BCUT2D eigenvalue weighted by Gasteiger charge is 2.29. The number of benzene rings is 2. The predicted octanol–water partition coefficient (Wildman–Crippen LogP) is 3.03. The molecular formula is C18H17ClN3O4S+. The van der Waals surface area contributed by atoms with E-state index < -0.39 is 10.9 Å². The van der Waals surface area contributed by atoms with Crippen LogP contribution in [0.1, 0.15) is 6.92 Å². The van der Waals surface area contributed by atoms with Crippen molar-refractivity contribution in [3.05, 3.63) is 64.0 Å². The van der Waals surface area contributed by atoms with Crippen molar-refractivity contribution in [3.63, 3.8) is 0 Å². The number of nitrogens with zero attached hydrogens (tertiary/aromatic N) is 1. The predicted molar refractivity (Wildman–Crippen MR) is 103 cm³/mol. The summed E-state index contributed by atoms with van der Waals surface area (Å²) in [7, 11) is 1.57. The first-order chi connectivity index (χ1) is 13.0. The molecule has 0 fully saturated rings. The first-order valence-electron chi connectivity index (χ1n) is 7.99. The van der Waals surface area contributed by atoms with Gasteiger partial charge in [-0.1, -0.05) is 17.7 Å². The van der Waals surface area contributed by atoms with Crippen LogP contribution < -0.4 is 20.4 Å². The quantitative estimate of drug-likeness (QED) is 0.485. The molecule has 0 radical (unpaired) electrons. The van der Waals surface area contributed by atoms with Crippen molar-refractivity contribution in [3.8, 4) is 11.4 Å². The maximum absolute atomic E-state index is 12.4. The smallest absolute Gasteiger partial charge is 0.442 e. The zero-order chi connectivity index (χ0) is 19.4. The number of aromatic nitrogens is 2. The Morgan fingerprint density at radius 1 is 1.30 bits per heavy atom.